The SMILES string of the molecule is CC(C)(O)CCP(=O)(O)CCc1ccc(C(=O)Nc2cc(-c3cccs3)ccc2N)cc1. The second-order valence-corrected chi connectivity index (χ2v) is 12.1. The molecular formula is C24H29N2O4PS. The molecule has 3 aromatic rings. The zero-order valence-corrected chi connectivity index (χ0v) is 20.0. The highest BCUT2D eigenvalue weighted by atomic mass is 32.1. The van der Waals surface area contributed by atoms with E-state index in [-0.39, 0.29) is 24.7 Å². The smallest absolute Gasteiger partial charge is 0.255 e. The van der Waals surface area contributed by atoms with Crippen LogP contribution >= 0.6 is 18.7 Å². The number of anilines is 2. The summed E-state index contributed by atoms with van der Waals surface area (Å²) in [5.74, 6) is -0.274. The number of aliphatic hydroxyl groups is 1. The molecule has 1 unspecified atom stereocenters. The van der Waals surface area contributed by atoms with Gasteiger partial charge in [0.25, 0.3) is 5.91 Å². The summed E-state index contributed by atoms with van der Waals surface area (Å²) < 4.78 is 12.3. The molecule has 0 bridgehead atoms. The summed E-state index contributed by atoms with van der Waals surface area (Å²) in [5.41, 5.74) is 8.46. The number of rotatable bonds is 9. The van der Waals surface area contributed by atoms with Crippen LogP contribution in [0.1, 0.15) is 36.2 Å². The van der Waals surface area contributed by atoms with Crippen molar-refractivity contribution >= 4 is 36.0 Å². The molecule has 1 aromatic heterocycles. The summed E-state index contributed by atoms with van der Waals surface area (Å²) in [4.78, 5) is 23.9. The van der Waals surface area contributed by atoms with E-state index < -0.39 is 13.0 Å². The third-order valence-electron chi connectivity index (χ3n) is 5.15. The van der Waals surface area contributed by atoms with E-state index in [0.717, 1.165) is 16.0 Å². The van der Waals surface area contributed by atoms with E-state index in [4.69, 9.17) is 5.73 Å². The summed E-state index contributed by atoms with van der Waals surface area (Å²) in [6, 6.07) is 16.5. The van der Waals surface area contributed by atoms with Gasteiger partial charge in [0.1, 0.15) is 0 Å². The molecule has 0 radical (unpaired) electrons. The molecule has 0 aliphatic rings. The Kier molecular flexibility index (Phi) is 7.57. The Labute approximate surface area is 192 Å². The number of amides is 1. The molecule has 0 fully saturated rings. The molecule has 0 aliphatic heterocycles. The van der Waals surface area contributed by atoms with E-state index in [1.807, 2.05) is 29.6 Å². The molecule has 8 heteroatoms. The minimum absolute atomic E-state index is 0.0863. The second-order valence-electron chi connectivity index (χ2n) is 8.54. The molecule has 6 nitrogen and oxygen atoms in total. The molecule has 32 heavy (non-hydrogen) atoms. The van der Waals surface area contributed by atoms with Gasteiger partial charge in [0.2, 0.25) is 7.37 Å². The number of hydrogen-bond donors (Lipinski definition) is 4. The maximum absolute atomic E-state index is 12.7. The van der Waals surface area contributed by atoms with Gasteiger partial charge >= 0.3 is 0 Å². The molecule has 1 amide bonds. The van der Waals surface area contributed by atoms with Crippen LogP contribution in [0, 0.1) is 0 Å². The molecule has 0 spiro atoms. The van der Waals surface area contributed by atoms with Crippen molar-refractivity contribution in [1.82, 2.24) is 0 Å². The van der Waals surface area contributed by atoms with Crippen molar-refractivity contribution in [2.45, 2.75) is 32.3 Å². The van der Waals surface area contributed by atoms with Crippen LogP contribution in [0.15, 0.2) is 60.0 Å². The summed E-state index contributed by atoms with van der Waals surface area (Å²) in [7, 11) is -3.31. The first-order valence-electron chi connectivity index (χ1n) is 10.4. The Morgan fingerprint density at radius 3 is 2.47 bits per heavy atom. The molecule has 5 N–H and O–H groups in total. The van der Waals surface area contributed by atoms with E-state index in [1.54, 1.807) is 55.5 Å². The number of nitrogen functional groups attached to an aromatic ring is 1. The highest BCUT2D eigenvalue weighted by molar-refractivity contribution is 7.57. The first-order chi connectivity index (χ1) is 15.0. The number of aryl methyl sites for hydroxylation is 1. The van der Waals surface area contributed by atoms with Gasteiger partial charge in [-0.15, -0.1) is 11.3 Å². The van der Waals surface area contributed by atoms with Crippen LogP contribution < -0.4 is 11.1 Å². The Hall–Kier alpha value is -2.44. The fourth-order valence-corrected chi connectivity index (χ4v) is 5.59. The minimum Gasteiger partial charge on any atom is -0.397 e. The molecule has 1 heterocycles. The second kappa shape index (κ2) is 10.0. The van der Waals surface area contributed by atoms with E-state index in [9.17, 15) is 19.4 Å². The van der Waals surface area contributed by atoms with Gasteiger partial charge in [-0.3, -0.25) is 9.36 Å². The van der Waals surface area contributed by atoms with Gasteiger partial charge < -0.3 is 21.1 Å². The predicted octanol–water partition coefficient (Wildman–Crippen LogP) is 5.22. The van der Waals surface area contributed by atoms with Crippen LogP contribution in [0.5, 0.6) is 0 Å². The summed E-state index contributed by atoms with van der Waals surface area (Å²) >= 11 is 1.61. The Balaban J connectivity index is 1.61. The lowest BCUT2D eigenvalue weighted by molar-refractivity contribution is 0.0766. The average molecular weight is 473 g/mol. The number of hydrogen-bond acceptors (Lipinski definition) is 5. The van der Waals surface area contributed by atoms with E-state index in [2.05, 4.69) is 5.32 Å². The number of nitrogens with one attached hydrogen (secondary N) is 1. The summed E-state index contributed by atoms with van der Waals surface area (Å²) in [6.45, 7) is 3.26. The van der Waals surface area contributed by atoms with Gasteiger partial charge in [-0.05, 0) is 73.5 Å². The van der Waals surface area contributed by atoms with Crippen molar-refractivity contribution in [3.8, 4) is 10.4 Å². The largest absolute Gasteiger partial charge is 0.397 e. The van der Waals surface area contributed by atoms with Crippen LogP contribution in [0.3, 0.4) is 0 Å². The summed E-state index contributed by atoms with van der Waals surface area (Å²) in [6.07, 6.45) is 0.928. The first kappa shape index (κ1) is 24.2. The maximum atomic E-state index is 12.7. The van der Waals surface area contributed by atoms with Crippen molar-refractivity contribution in [2.75, 3.05) is 23.4 Å². The van der Waals surface area contributed by atoms with Crippen molar-refractivity contribution in [3.63, 3.8) is 0 Å². The Bertz CT molecular complexity index is 1110. The van der Waals surface area contributed by atoms with Crippen LogP contribution in [0.2, 0.25) is 0 Å². The Morgan fingerprint density at radius 2 is 1.84 bits per heavy atom. The summed E-state index contributed by atoms with van der Waals surface area (Å²) in [5, 5.41) is 14.6. The van der Waals surface area contributed by atoms with Crippen molar-refractivity contribution in [3.05, 3.63) is 71.1 Å². The highest BCUT2D eigenvalue weighted by Crippen LogP contribution is 2.42. The van der Waals surface area contributed by atoms with E-state index in [0.29, 0.717) is 23.4 Å². The molecule has 3 rings (SSSR count). The molecule has 0 saturated heterocycles. The lowest BCUT2D eigenvalue weighted by Gasteiger charge is -2.19. The van der Waals surface area contributed by atoms with Crippen LogP contribution in [0.4, 0.5) is 11.4 Å². The lowest BCUT2D eigenvalue weighted by atomic mass is 10.1. The van der Waals surface area contributed by atoms with Crippen molar-refractivity contribution in [2.24, 2.45) is 0 Å². The predicted molar refractivity (Wildman–Crippen MR) is 133 cm³/mol. The molecule has 1 atom stereocenters. The standard InChI is InChI=1S/C24H29N2O4PS/c1-24(2,28)12-14-31(29,30)13-11-17-5-7-18(8-6-17)23(27)26-21-16-19(9-10-20(21)25)22-4-3-15-32-22/h3-10,15-16,28H,11-14,25H2,1-2H3,(H,26,27)(H,29,30). The number of nitrogens with two attached hydrogens (primary N) is 1. The molecule has 170 valence electrons. The number of carbonyl (C=O) groups excluding carboxylic acids is 1. The van der Waals surface area contributed by atoms with E-state index in [1.165, 1.54) is 0 Å². The Morgan fingerprint density at radius 1 is 1.12 bits per heavy atom. The normalized spacial score (nSPS) is 13.5. The van der Waals surface area contributed by atoms with Gasteiger partial charge in [0.05, 0.1) is 17.0 Å². The highest BCUT2D eigenvalue weighted by Gasteiger charge is 2.23. The minimum atomic E-state index is -3.31. The molecular weight excluding hydrogens is 443 g/mol. The van der Waals surface area contributed by atoms with Crippen LogP contribution in [-0.4, -0.2) is 33.8 Å². The van der Waals surface area contributed by atoms with Crippen molar-refractivity contribution < 1.29 is 19.4 Å². The molecule has 0 saturated carbocycles. The van der Waals surface area contributed by atoms with Gasteiger partial charge in [-0.2, -0.15) is 0 Å². The average Bonchev–Trinajstić information content (AvgIpc) is 3.27. The zero-order valence-electron chi connectivity index (χ0n) is 18.2. The fourth-order valence-electron chi connectivity index (χ4n) is 3.14. The topological polar surface area (TPSA) is 113 Å². The maximum Gasteiger partial charge on any atom is 0.255 e. The number of carbonyl (C=O) groups is 1. The third kappa shape index (κ3) is 7.04. The monoisotopic (exact) mass is 472 g/mol. The van der Waals surface area contributed by atoms with Gasteiger partial charge in [0, 0.05) is 22.8 Å². The van der Waals surface area contributed by atoms with Gasteiger partial charge in [-0.1, -0.05) is 24.3 Å². The fraction of sp³-hybridized carbons (Fsp3) is 0.292. The number of benzene rings is 2. The van der Waals surface area contributed by atoms with Crippen molar-refractivity contribution in [1.29, 1.82) is 0 Å². The van der Waals surface area contributed by atoms with Gasteiger partial charge in [-0.25, -0.2) is 0 Å². The quantitative estimate of drug-likeness (QED) is 0.252. The molecule has 2 aromatic carbocycles. The van der Waals surface area contributed by atoms with Crippen LogP contribution in [-0.2, 0) is 11.0 Å². The van der Waals surface area contributed by atoms with Crippen LogP contribution in [0.25, 0.3) is 10.4 Å². The third-order valence-corrected chi connectivity index (χ3v) is 7.91. The lowest BCUT2D eigenvalue weighted by Crippen LogP contribution is -2.20. The first-order valence-corrected chi connectivity index (χ1v) is 13.3. The molecule has 0 aliphatic carbocycles. The number of thiophene rings is 1. The van der Waals surface area contributed by atoms with E-state index >= 15 is 0 Å². The van der Waals surface area contributed by atoms with Gasteiger partial charge in [0.15, 0.2) is 0 Å². The zero-order chi connectivity index (χ0) is 23.4.